The van der Waals surface area contributed by atoms with E-state index < -0.39 is 12.6 Å². The number of benzene rings is 1. The molecule has 0 radical (unpaired) electrons. The van der Waals surface area contributed by atoms with Gasteiger partial charge in [-0.3, -0.25) is 4.79 Å². The van der Waals surface area contributed by atoms with Crippen molar-refractivity contribution in [3.05, 3.63) is 70.6 Å². The number of para-hydroxylation sites is 1. The maximum Gasteiger partial charge on any atom is 0.377 e. The monoisotopic (exact) mass is 356 g/mol. The number of ketones is 1. The third-order valence-corrected chi connectivity index (χ3v) is 3.99. The minimum Gasteiger partial charge on any atom is -0.451 e. The second-order valence-electron chi connectivity index (χ2n) is 5.90. The third-order valence-electron chi connectivity index (χ3n) is 3.99. The number of hydrogen-bond donors (Lipinski definition) is 0. The van der Waals surface area contributed by atoms with E-state index in [4.69, 9.17) is 9.26 Å². The van der Waals surface area contributed by atoms with Gasteiger partial charge in [-0.15, -0.1) is 0 Å². The van der Waals surface area contributed by atoms with Crippen LogP contribution in [0.5, 0.6) is 0 Å². The zero-order valence-electron chi connectivity index (χ0n) is 14.6. The van der Waals surface area contributed by atoms with Crippen LogP contribution < -0.4 is 0 Å². The molecule has 0 bridgehead atoms. The summed E-state index contributed by atoms with van der Waals surface area (Å²) in [4.78, 5) is 24.3. The summed E-state index contributed by atoms with van der Waals surface area (Å²) in [6, 6.07) is 9.39. The molecule has 2 aromatic heterocycles. The van der Waals surface area contributed by atoms with Crippen LogP contribution in [0.15, 0.2) is 40.9 Å². The molecule has 0 atom stereocenters. The summed E-state index contributed by atoms with van der Waals surface area (Å²) in [7, 11) is 0. The molecule has 0 saturated carbocycles. The lowest BCUT2D eigenvalue weighted by Crippen LogP contribution is -2.14. The van der Waals surface area contributed by atoms with Gasteiger partial charge < -0.3 is 13.8 Å². The molecule has 0 amide bonds. The lowest BCUT2D eigenvalue weighted by Gasteiger charge is -2.10. The van der Waals surface area contributed by atoms with Gasteiger partial charge in [0.1, 0.15) is 5.82 Å². The van der Waals surface area contributed by atoms with Gasteiger partial charge in [0.15, 0.2) is 6.61 Å². The smallest absolute Gasteiger partial charge is 0.377 e. The molecular weight excluding hydrogens is 339 g/mol. The first-order valence-electron chi connectivity index (χ1n) is 7.96. The van der Waals surface area contributed by atoms with Gasteiger partial charge in [-0.05, 0) is 39.0 Å². The highest BCUT2D eigenvalue weighted by atomic mass is 19.1. The molecule has 7 heteroatoms. The molecule has 0 saturated heterocycles. The SMILES string of the molecule is Cc1cc(C(=O)OCC(=O)c2cc(C)n(-c3ccccc3F)c2C)on1. The predicted octanol–water partition coefficient (Wildman–Crippen LogP) is 3.57. The van der Waals surface area contributed by atoms with Crippen LogP contribution in [0.3, 0.4) is 0 Å². The van der Waals surface area contributed by atoms with Crippen molar-refractivity contribution in [1.82, 2.24) is 9.72 Å². The number of aryl methyl sites for hydroxylation is 2. The summed E-state index contributed by atoms with van der Waals surface area (Å²) in [5, 5.41) is 3.59. The van der Waals surface area contributed by atoms with E-state index in [-0.39, 0.29) is 17.4 Å². The first-order valence-corrected chi connectivity index (χ1v) is 7.96. The molecule has 0 aliphatic rings. The normalized spacial score (nSPS) is 10.8. The van der Waals surface area contributed by atoms with E-state index in [0.717, 1.165) is 0 Å². The summed E-state index contributed by atoms with van der Waals surface area (Å²) < 4.78 is 25.5. The van der Waals surface area contributed by atoms with Crippen LogP contribution in [0.1, 0.15) is 38.0 Å². The first-order chi connectivity index (χ1) is 12.4. The summed E-state index contributed by atoms with van der Waals surface area (Å²) in [5.41, 5.74) is 2.54. The zero-order chi connectivity index (χ0) is 18.8. The van der Waals surface area contributed by atoms with Crippen LogP contribution in [0.25, 0.3) is 5.69 Å². The Morgan fingerprint density at radius 3 is 2.58 bits per heavy atom. The quantitative estimate of drug-likeness (QED) is 0.516. The van der Waals surface area contributed by atoms with Crippen molar-refractivity contribution in [2.75, 3.05) is 6.61 Å². The van der Waals surface area contributed by atoms with Gasteiger partial charge in [0.2, 0.25) is 11.5 Å². The van der Waals surface area contributed by atoms with Crippen molar-refractivity contribution < 1.29 is 23.2 Å². The van der Waals surface area contributed by atoms with Crippen LogP contribution in [0.2, 0.25) is 0 Å². The number of nitrogens with zero attached hydrogens (tertiary/aromatic N) is 2. The zero-order valence-corrected chi connectivity index (χ0v) is 14.6. The molecule has 0 fully saturated rings. The Hall–Kier alpha value is -3.22. The van der Waals surface area contributed by atoms with Gasteiger partial charge in [0.25, 0.3) is 0 Å². The summed E-state index contributed by atoms with van der Waals surface area (Å²) in [6.07, 6.45) is 0. The summed E-state index contributed by atoms with van der Waals surface area (Å²) in [6.45, 7) is 4.72. The fourth-order valence-corrected chi connectivity index (χ4v) is 2.79. The Bertz CT molecular complexity index is 987. The third kappa shape index (κ3) is 3.28. The van der Waals surface area contributed by atoms with E-state index in [2.05, 4.69) is 5.16 Å². The number of carbonyl (C=O) groups is 2. The van der Waals surface area contributed by atoms with Crippen molar-refractivity contribution >= 4 is 11.8 Å². The highest BCUT2D eigenvalue weighted by molar-refractivity contribution is 6.00. The number of Topliss-reactive ketones (excluding diaryl/α,β-unsaturated/α-hetero) is 1. The van der Waals surface area contributed by atoms with Crippen LogP contribution in [-0.4, -0.2) is 28.1 Å². The molecule has 6 nitrogen and oxygen atoms in total. The number of carbonyl (C=O) groups excluding carboxylic acids is 2. The molecular formula is C19H17FN2O4. The van der Waals surface area contributed by atoms with Gasteiger partial charge in [-0.2, -0.15) is 0 Å². The second kappa shape index (κ2) is 6.95. The van der Waals surface area contributed by atoms with Crippen molar-refractivity contribution in [3.63, 3.8) is 0 Å². The molecule has 1 aromatic carbocycles. The summed E-state index contributed by atoms with van der Waals surface area (Å²) in [5.74, 6) is -1.60. The van der Waals surface area contributed by atoms with E-state index in [1.54, 1.807) is 49.6 Å². The van der Waals surface area contributed by atoms with E-state index in [1.165, 1.54) is 12.1 Å². The van der Waals surface area contributed by atoms with Crippen LogP contribution in [0.4, 0.5) is 4.39 Å². The average molecular weight is 356 g/mol. The number of rotatable bonds is 5. The standard InChI is InChI=1S/C19H17FN2O4/c1-11-8-18(26-21-11)19(24)25-10-17(23)14-9-12(2)22(13(14)3)16-7-5-4-6-15(16)20/h4-9H,10H2,1-3H3. The number of esters is 1. The van der Waals surface area contributed by atoms with Gasteiger partial charge in [-0.25, -0.2) is 9.18 Å². The molecule has 0 spiro atoms. The largest absolute Gasteiger partial charge is 0.451 e. The maximum atomic E-state index is 14.1. The number of ether oxygens (including phenoxy) is 1. The second-order valence-corrected chi connectivity index (χ2v) is 5.90. The number of aromatic nitrogens is 2. The van der Waals surface area contributed by atoms with E-state index in [0.29, 0.717) is 28.3 Å². The topological polar surface area (TPSA) is 74.3 Å². The van der Waals surface area contributed by atoms with E-state index >= 15 is 0 Å². The molecule has 0 N–H and O–H groups in total. The molecule has 0 unspecified atom stereocenters. The van der Waals surface area contributed by atoms with Crippen LogP contribution in [-0.2, 0) is 4.74 Å². The fraction of sp³-hybridized carbons (Fsp3) is 0.211. The molecule has 0 aliphatic carbocycles. The van der Waals surface area contributed by atoms with Gasteiger partial charge in [0, 0.05) is 23.0 Å². The van der Waals surface area contributed by atoms with Crippen molar-refractivity contribution in [2.24, 2.45) is 0 Å². The Morgan fingerprint density at radius 2 is 1.92 bits per heavy atom. The Morgan fingerprint density at radius 1 is 1.19 bits per heavy atom. The lowest BCUT2D eigenvalue weighted by molar-refractivity contribution is 0.0435. The minimum atomic E-state index is -0.762. The number of hydrogen-bond acceptors (Lipinski definition) is 5. The van der Waals surface area contributed by atoms with Crippen molar-refractivity contribution in [2.45, 2.75) is 20.8 Å². The number of halogens is 1. The molecule has 134 valence electrons. The van der Waals surface area contributed by atoms with Crippen molar-refractivity contribution in [3.8, 4) is 5.69 Å². The molecule has 2 heterocycles. The molecule has 3 rings (SSSR count). The summed E-state index contributed by atoms with van der Waals surface area (Å²) >= 11 is 0. The minimum absolute atomic E-state index is 0.0628. The molecule has 0 aliphatic heterocycles. The Balaban J connectivity index is 1.79. The lowest BCUT2D eigenvalue weighted by atomic mass is 10.1. The molecule has 3 aromatic rings. The highest BCUT2D eigenvalue weighted by Crippen LogP contribution is 2.23. The fourth-order valence-electron chi connectivity index (χ4n) is 2.79. The van der Waals surface area contributed by atoms with Gasteiger partial charge in [-0.1, -0.05) is 17.3 Å². The van der Waals surface area contributed by atoms with E-state index in [9.17, 15) is 14.0 Å². The van der Waals surface area contributed by atoms with Crippen molar-refractivity contribution in [1.29, 1.82) is 0 Å². The van der Waals surface area contributed by atoms with Crippen LogP contribution in [0, 0.1) is 26.6 Å². The Kier molecular flexibility index (Phi) is 4.71. The Labute approximate surface area is 149 Å². The average Bonchev–Trinajstić information content (AvgIpc) is 3.17. The molecule has 26 heavy (non-hydrogen) atoms. The first kappa shape index (κ1) is 17.6. The predicted molar refractivity (Wildman–Crippen MR) is 91.1 cm³/mol. The van der Waals surface area contributed by atoms with Gasteiger partial charge in [0.05, 0.1) is 11.4 Å². The van der Waals surface area contributed by atoms with Crippen LogP contribution >= 0.6 is 0 Å². The highest BCUT2D eigenvalue weighted by Gasteiger charge is 2.21. The maximum absolute atomic E-state index is 14.1. The van der Waals surface area contributed by atoms with Gasteiger partial charge >= 0.3 is 5.97 Å². The van der Waals surface area contributed by atoms with E-state index in [1.807, 2.05) is 0 Å².